The normalized spacial score (nSPS) is 31.2. The molecule has 3 unspecified atom stereocenters. The van der Waals surface area contributed by atoms with E-state index in [1.54, 1.807) is 0 Å². The molecule has 0 bridgehead atoms. The van der Waals surface area contributed by atoms with Crippen LogP contribution in [0.4, 0.5) is 0 Å². The van der Waals surface area contributed by atoms with Gasteiger partial charge in [-0.1, -0.05) is 27.2 Å². The number of rotatable bonds is 4. The Bertz CT molecular complexity index is 170. The summed E-state index contributed by atoms with van der Waals surface area (Å²) in [5.41, 5.74) is 0. The Hall–Kier alpha value is -0.0800. The minimum Gasteiger partial charge on any atom is -0.312 e. The fraction of sp³-hybridized carbons (Fsp3) is 1.00. The second kappa shape index (κ2) is 6.49. The molecule has 90 valence electrons. The zero-order chi connectivity index (χ0) is 11.3. The fourth-order valence-corrected chi connectivity index (χ4v) is 2.42. The molecule has 1 aliphatic heterocycles. The summed E-state index contributed by atoms with van der Waals surface area (Å²) in [5, 5.41) is 3.71. The van der Waals surface area contributed by atoms with Crippen LogP contribution in [-0.4, -0.2) is 36.6 Å². The van der Waals surface area contributed by atoms with Crippen molar-refractivity contribution in [2.75, 3.05) is 19.6 Å². The van der Waals surface area contributed by atoms with Gasteiger partial charge in [0.15, 0.2) is 0 Å². The van der Waals surface area contributed by atoms with Gasteiger partial charge in [-0.3, -0.25) is 4.90 Å². The van der Waals surface area contributed by atoms with E-state index < -0.39 is 0 Å². The van der Waals surface area contributed by atoms with Crippen LogP contribution in [0.15, 0.2) is 0 Å². The van der Waals surface area contributed by atoms with Crippen molar-refractivity contribution in [1.82, 2.24) is 10.2 Å². The highest BCUT2D eigenvalue weighted by atomic mass is 15.2. The lowest BCUT2D eigenvalue weighted by molar-refractivity contribution is 0.188. The van der Waals surface area contributed by atoms with E-state index in [2.05, 4.69) is 37.9 Å². The summed E-state index contributed by atoms with van der Waals surface area (Å²) >= 11 is 0. The minimum atomic E-state index is 0.700. The summed E-state index contributed by atoms with van der Waals surface area (Å²) in [4.78, 5) is 2.66. The van der Waals surface area contributed by atoms with Gasteiger partial charge in [0.05, 0.1) is 0 Å². The first-order chi connectivity index (χ1) is 7.19. The largest absolute Gasteiger partial charge is 0.312 e. The van der Waals surface area contributed by atoms with Gasteiger partial charge < -0.3 is 5.32 Å². The van der Waals surface area contributed by atoms with Gasteiger partial charge in [0.1, 0.15) is 0 Å². The van der Waals surface area contributed by atoms with Gasteiger partial charge in [0, 0.05) is 18.6 Å². The topological polar surface area (TPSA) is 15.3 Å². The SMILES string of the molecule is CCCN1CC(C(C)CC)NCCC1C. The molecule has 0 radical (unpaired) electrons. The molecule has 2 heteroatoms. The summed E-state index contributed by atoms with van der Waals surface area (Å²) < 4.78 is 0. The maximum Gasteiger partial charge on any atom is 0.0220 e. The van der Waals surface area contributed by atoms with E-state index in [-0.39, 0.29) is 0 Å². The highest BCUT2D eigenvalue weighted by molar-refractivity contribution is 4.83. The standard InChI is InChI=1S/C13H28N2/c1-5-9-15-10-13(11(3)6-2)14-8-7-12(15)4/h11-14H,5-10H2,1-4H3. The van der Waals surface area contributed by atoms with Gasteiger partial charge >= 0.3 is 0 Å². The number of nitrogens with zero attached hydrogens (tertiary/aromatic N) is 1. The van der Waals surface area contributed by atoms with Crippen molar-refractivity contribution < 1.29 is 0 Å². The van der Waals surface area contributed by atoms with Crippen molar-refractivity contribution in [2.24, 2.45) is 5.92 Å². The number of hydrogen-bond donors (Lipinski definition) is 1. The van der Waals surface area contributed by atoms with Crippen LogP contribution in [0, 0.1) is 5.92 Å². The predicted octanol–water partition coefficient (Wildman–Crippen LogP) is 2.49. The molecular formula is C13H28N2. The Balaban J connectivity index is 2.54. The minimum absolute atomic E-state index is 0.700. The average Bonchev–Trinajstić information content (AvgIpc) is 2.41. The van der Waals surface area contributed by atoms with Gasteiger partial charge in [-0.25, -0.2) is 0 Å². The van der Waals surface area contributed by atoms with Crippen molar-refractivity contribution in [3.05, 3.63) is 0 Å². The molecule has 15 heavy (non-hydrogen) atoms. The Morgan fingerprint density at radius 2 is 2.13 bits per heavy atom. The van der Waals surface area contributed by atoms with Gasteiger partial charge in [-0.05, 0) is 38.8 Å². The second-order valence-corrected chi connectivity index (χ2v) is 5.08. The van der Waals surface area contributed by atoms with Gasteiger partial charge in [-0.15, -0.1) is 0 Å². The first kappa shape index (κ1) is 13.0. The number of nitrogens with one attached hydrogen (secondary N) is 1. The average molecular weight is 212 g/mol. The Morgan fingerprint density at radius 3 is 2.73 bits per heavy atom. The van der Waals surface area contributed by atoms with Crippen LogP contribution in [0.3, 0.4) is 0 Å². The molecule has 0 aliphatic carbocycles. The summed E-state index contributed by atoms with van der Waals surface area (Å²) in [6.45, 7) is 13.0. The molecule has 1 fully saturated rings. The summed E-state index contributed by atoms with van der Waals surface area (Å²) in [6.07, 6.45) is 3.86. The van der Waals surface area contributed by atoms with Crippen LogP contribution in [-0.2, 0) is 0 Å². The molecule has 0 spiro atoms. The molecule has 0 aromatic rings. The molecule has 0 amide bonds. The molecule has 1 N–H and O–H groups in total. The Morgan fingerprint density at radius 1 is 1.40 bits per heavy atom. The van der Waals surface area contributed by atoms with Crippen molar-refractivity contribution in [2.45, 2.75) is 59.0 Å². The van der Waals surface area contributed by atoms with Crippen molar-refractivity contribution in [3.8, 4) is 0 Å². The van der Waals surface area contributed by atoms with Gasteiger partial charge in [-0.2, -0.15) is 0 Å². The van der Waals surface area contributed by atoms with E-state index in [1.807, 2.05) is 0 Å². The second-order valence-electron chi connectivity index (χ2n) is 5.08. The molecule has 0 saturated carbocycles. The van der Waals surface area contributed by atoms with Crippen LogP contribution in [0.2, 0.25) is 0 Å². The molecular weight excluding hydrogens is 184 g/mol. The molecule has 2 nitrogen and oxygen atoms in total. The van der Waals surface area contributed by atoms with E-state index in [0.29, 0.717) is 6.04 Å². The molecule has 0 aromatic carbocycles. The third-order valence-corrected chi connectivity index (χ3v) is 3.86. The quantitative estimate of drug-likeness (QED) is 0.770. The van der Waals surface area contributed by atoms with E-state index in [1.165, 1.54) is 38.9 Å². The van der Waals surface area contributed by atoms with Crippen molar-refractivity contribution in [3.63, 3.8) is 0 Å². The molecule has 1 aliphatic rings. The van der Waals surface area contributed by atoms with Crippen molar-refractivity contribution in [1.29, 1.82) is 0 Å². The van der Waals surface area contributed by atoms with Crippen LogP contribution in [0.5, 0.6) is 0 Å². The lowest BCUT2D eigenvalue weighted by Gasteiger charge is -2.30. The van der Waals surface area contributed by atoms with E-state index in [4.69, 9.17) is 0 Å². The first-order valence-corrected chi connectivity index (χ1v) is 6.66. The lowest BCUT2D eigenvalue weighted by Crippen LogP contribution is -2.43. The maximum atomic E-state index is 3.71. The molecule has 1 saturated heterocycles. The van der Waals surface area contributed by atoms with Crippen LogP contribution in [0.1, 0.15) is 47.0 Å². The fourth-order valence-electron chi connectivity index (χ4n) is 2.42. The Kier molecular flexibility index (Phi) is 5.62. The van der Waals surface area contributed by atoms with Crippen LogP contribution in [0.25, 0.3) is 0 Å². The summed E-state index contributed by atoms with van der Waals surface area (Å²) in [7, 11) is 0. The van der Waals surface area contributed by atoms with E-state index in [0.717, 1.165) is 12.0 Å². The zero-order valence-corrected chi connectivity index (χ0v) is 10.9. The smallest absolute Gasteiger partial charge is 0.0220 e. The van der Waals surface area contributed by atoms with Gasteiger partial charge in [0.25, 0.3) is 0 Å². The predicted molar refractivity (Wildman–Crippen MR) is 67.2 cm³/mol. The van der Waals surface area contributed by atoms with Gasteiger partial charge in [0.2, 0.25) is 0 Å². The van der Waals surface area contributed by atoms with E-state index in [9.17, 15) is 0 Å². The molecule has 3 atom stereocenters. The monoisotopic (exact) mass is 212 g/mol. The highest BCUT2D eigenvalue weighted by Crippen LogP contribution is 2.15. The molecule has 1 heterocycles. The Labute approximate surface area is 95.4 Å². The maximum absolute atomic E-state index is 3.71. The van der Waals surface area contributed by atoms with Crippen LogP contribution < -0.4 is 5.32 Å². The van der Waals surface area contributed by atoms with E-state index >= 15 is 0 Å². The lowest BCUT2D eigenvalue weighted by atomic mass is 9.99. The number of hydrogen-bond acceptors (Lipinski definition) is 2. The third kappa shape index (κ3) is 3.76. The molecule has 1 rings (SSSR count). The summed E-state index contributed by atoms with van der Waals surface area (Å²) in [5.74, 6) is 0.801. The third-order valence-electron chi connectivity index (χ3n) is 3.86. The van der Waals surface area contributed by atoms with Crippen molar-refractivity contribution >= 4 is 0 Å². The highest BCUT2D eigenvalue weighted by Gasteiger charge is 2.24. The zero-order valence-electron chi connectivity index (χ0n) is 10.9. The summed E-state index contributed by atoms with van der Waals surface area (Å²) in [6, 6.07) is 1.46. The first-order valence-electron chi connectivity index (χ1n) is 6.66. The molecule has 0 aromatic heterocycles. The van der Waals surface area contributed by atoms with Crippen LogP contribution >= 0.6 is 0 Å².